The zero-order valence-corrected chi connectivity index (χ0v) is 13.6. The minimum atomic E-state index is 0.428. The molecule has 1 N–H and O–H groups in total. The van der Waals surface area contributed by atoms with E-state index in [-0.39, 0.29) is 0 Å². The second kappa shape index (κ2) is 5.61. The highest BCUT2D eigenvalue weighted by Gasteiger charge is 2.24. The number of benzene rings is 2. The van der Waals surface area contributed by atoms with Crippen molar-refractivity contribution >= 4 is 21.6 Å². The first kappa shape index (κ1) is 13.7. The van der Waals surface area contributed by atoms with Gasteiger partial charge in [-0.2, -0.15) is 0 Å². The Kier molecular flexibility index (Phi) is 3.84. The Morgan fingerprint density at radius 1 is 1.05 bits per heavy atom. The Bertz CT molecular complexity index is 621. The maximum atomic E-state index is 3.70. The van der Waals surface area contributed by atoms with Crippen LogP contribution in [0.2, 0.25) is 0 Å². The van der Waals surface area contributed by atoms with Crippen molar-refractivity contribution in [3.8, 4) is 0 Å². The fraction of sp³-hybridized carbons (Fsp3) is 0.333. The van der Waals surface area contributed by atoms with Crippen LogP contribution in [0.4, 0.5) is 5.69 Å². The third-order valence-electron chi connectivity index (χ3n) is 4.30. The lowest BCUT2D eigenvalue weighted by molar-refractivity contribution is 0.534. The van der Waals surface area contributed by atoms with Gasteiger partial charge in [0.15, 0.2) is 0 Å². The van der Waals surface area contributed by atoms with E-state index < -0.39 is 0 Å². The van der Waals surface area contributed by atoms with Crippen molar-refractivity contribution in [2.75, 3.05) is 5.32 Å². The van der Waals surface area contributed by atoms with Crippen LogP contribution in [0.1, 0.15) is 48.4 Å². The summed E-state index contributed by atoms with van der Waals surface area (Å²) in [7, 11) is 0. The van der Waals surface area contributed by atoms with Gasteiger partial charge in [-0.1, -0.05) is 53.2 Å². The number of nitrogens with one attached hydrogen (secondary N) is 1. The molecular formula is C18H20BrN. The zero-order valence-electron chi connectivity index (χ0n) is 12.0. The molecule has 0 aliphatic heterocycles. The minimum absolute atomic E-state index is 0.428. The van der Waals surface area contributed by atoms with Gasteiger partial charge in [-0.15, -0.1) is 0 Å². The second-order valence-electron chi connectivity index (χ2n) is 5.77. The molecule has 0 saturated heterocycles. The molecule has 3 rings (SSSR count). The Morgan fingerprint density at radius 3 is 2.55 bits per heavy atom. The highest BCUT2D eigenvalue weighted by atomic mass is 79.9. The van der Waals surface area contributed by atoms with E-state index in [0.29, 0.717) is 12.0 Å². The van der Waals surface area contributed by atoms with Gasteiger partial charge < -0.3 is 5.32 Å². The van der Waals surface area contributed by atoms with Crippen LogP contribution in [0, 0.1) is 6.92 Å². The number of fused-ring (bicyclic) bond motifs is 1. The molecule has 2 aromatic rings. The second-order valence-corrected chi connectivity index (χ2v) is 6.62. The van der Waals surface area contributed by atoms with E-state index in [4.69, 9.17) is 0 Å². The van der Waals surface area contributed by atoms with Crippen LogP contribution < -0.4 is 5.32 Å². The summed E-state index contributed by atoms with van der Waals surface area (Å²) in [5.41, 5.74) is 5.43. The molecule has 0 aromatic heterocycles. The number of aryl methyl sites for hydroxylation is 1. The van der Waals surface area contributed by atoms with E-state index in [1.807, 2.05) is 0 Å². The standard InChI is InChI=1S/C18H20BrN/c1-12-8-10-18(16-6-4-3-5-15(12)16)20-14-9-7-13(2)17(19)11-14/h3-7,9,11-12,18,20H,8,10H2,1-2H3. The van der Waals surface area contributed by atoms with Gasteiger partial charge in [-0.05, 0) is 54.5 Å². The van der Waals surface area contributed by atoms with Crippen molar-refractivity contribution in [3.05, 3.63) is 63.6 Å². The average Bonchev–Trinajstić information content (AvgIpc) is 2.46. The van der Waals surface area contributed by atoms with Gasteiger partial charge in [0.05, 0.1) is 6.04 Å². The molecule has 20 heavy (non-hydrogen) atoms. The van der Waals surface area contributed by atoms with E-state index in [1.54, 1.807) is 0 Å². The molecule has 0 amide bonds. The first-order valence-corrected chi connectivity index (χ1v) is 8.06. The normalized spacial score (nSPS) is 21.4. The molecule has 2 unspecified atom stereocenters. The third kappa shape index (κ3) is 2.62. The summed E-state index contributed by atoms with van der Waals surface area (Å²) in [6, 6.07) is 15.8. The Hall–Kier alpha value is -1.28. The number of hydrogen-bond acceptors (Lipinski definition) is 1. The third-order valence-corrected chi connectivity index (χ3v) is 5.16. The summed E-state index contributed by atoms with van der Waals surface area (Å²) in [6.45, 7) is 4.45. The molecule has 2 atom stereocenters. The van der Waals surface area contributed by atoms with Gasteiger partial charge in [0, 0.05) is 10.2 Å². The number of rotatable bonds is 2. The summed E-state index contributed by atoms with van der Waals surface area (Å²) in [5.74, 6) is 0.675. The molecule has 104 valence electrons. The van der Waals surface area contributed by atoms with Crippen molar-refractivity contribution in [1.82, 2.24) is 0 Å². The van der Waals surface area contributed by atoms with Crippen LogP contribution in [0.3, 0.4) is 0 Å². The van der Waals surface area contributed by atoms with Crippen molar-refractivity contribution in [2.45, 2.75) is 38.6 Å². The summed E-state index contributed by atoms with van der Waals surface area (Å²) in [6.07, 6.45) is 2.45. The molecular weight excluding hydrogens is 310 g/mol. The van der Waals surface area contributed by atoms with E-state index >= 15 is 0 Å². The fourth-order valence-electron chi connectivity index (χ4n) is 3.04. The van der Waals surface area contributed by atoms with E-state index in [1.165, 1.54) is 39.7 Å². The van der Waals surface area contributed by atoms with E-state index in [9.17, 15) is 0 Å². The lowest BCUT2D eigenvalue weighted by Crippen LogP contribution is -2.19. The Balaban J connectivity index is 1.88. The molecule has 2 aromatic carbocycles. The molecule has 0 spiro atoms. The van der Waals surface area contributed by atoms with Crippen LogP contribution in [-0.2, 0) is 0 Å². The molecule has 1 aliphatic carbocycles. The molecule has 1 nitrogen and oxygen atoms in total. The number of hydrogen-bond donors (Lipinski definition) is 1. The largest absolute Gasteiger partial charge is 0.378 e. The predicted octanol–water partition coefficient (Wildman–Crippen LogP) is 5.81. The molecule has 0 bridgehead atoms. The first-order valence-electron chi connectivity index (χ1n) is 7.26. The molecule has 1 aliphatic rings. The van der Waals surface area contributed by atoms with Gasteiger partial charge >= 0.3 is 0 Å². The Labute approximate surface area is 129 Å². The van der Waals surface area contributed by atoms with Crippen molar-refractivity contribution in [3.63, 3.8) is 0 Å². The number of halogens is 1. The van der Waals surface area contributed by atoms with Gasteiger partial charge in [-0.25, -0.2) is 0 Å². The van der Waals surface area contributed by atoms with Crippen LogP contribution in [0.5, 0.6) is 0 Å². The van der Waals surface area contributed by atoms with Crippen LogP contribution in [0.15, 0.2) is 46.9 Å². The van der Waals surface area contributed by atoms with Gasteiger partial charge in [0.2, 0.25) is 0 Å². The SMILES string of the molecule is Cc1ccc(NC2CCC(C)c3ccccc32)cc1Br. The molecule has 0 radical (unpaired) electrons. The summed E-state index contributed by atoms with van der Waals surface area (Å²) < 4.78 is 1.17. The minimum Gasteiger partial charge on any atom is -0.378 e. The average molecular weight is 330 g/mol. The zero-order chi connectivity index (χ0) is 14.1. The smallest absolute Gasteiger partial charge is 0.0516 e. The predicted molar refractivity (Wildman–Crippen MR) is 89.3 cm³/mol. The van der Waals surface area contributed by atoms with Gasteiger partial charge in [-0.3, -0.25) is 0 Å². The maximum absolute atomic E-state index is 3.70. The van der Waals surface area contributed by atoms with E-state index in [0.717, 1.165) is 0 Å². The van der Waals surface area contributed by atoms with E-state index in [2.05, 4.69) is 77.6 Å². The number of anilines is 1. The van der Waals surface area contributed by atoms with Crippen molar-refractivity contribution in [2.24, 2.45) is 0 Å². The monoisotopic (exact) mass is 329 g/mol. The van der Waals surface area contributed by atoms with Crippen molar-refractivity contribution in [1.29, 1.82) is 0 Å². The van der Waals surface area contributed by atoms with Gasteiger partial charge in [0.25, 0.3) is 0 Å². The maximum Gasteiger partial charge on any atom is 0.0516 e. The van der Waals surface area contributed by atoms with Crippen molar-refractivity contribution < 1.29 is 0 Å². The summed E-state index contributed by atoms with van der Waals surface area (Å²) in [5, 5.41) is 3.70. The highest BCUT2D eigenvalue weighted by molar-refractivity contribution is 9.10. The molecule has 0 fully saturated rings. The first-order chi connectivity index (χ1) is 9.65. The quantitative estimate of drug-likeness (QED) is 0.733. The lowest BCUT2D eigenvalue weighted by Gasteiger charge is -2.31. The van der Waals surface area contributed by atoms with Crippen LogP contribution in [-0.4, -0.2) is 0 Å². The summed E-state index contributed by atoms with van der Waals surface area (Å²) >= 11 is 3.61. The molecule has 2 heteroatoms. The molecule has 0 saturated carbocycles. The van der Waals surface area contributed by atoms with Crippen LogP contribution >= 0.6 is 15.9 Å². The topological polar surface area (TPSA) is 12.0 Å². The molecule has 0 heterocycles. The lowest BCUT2D eigenvalue weighted by atomic mass is 9.81. The highest BCUT2D eigenvalue weighted by Crippen LogP contribution is 2.39. The fourth-order valence-corrected chi connectivity index (χ4v) is 3.42. The Morgan fingerprint density at radius 2 is 1.80 bits per heavy atom. The van der Waals surface area contributed by atoms with Gasteiger partial charge in [0.1, 0.15) is 0 Å². The summed E-state index contributed by atoms with van der Waals surface area (Å²) in [4.78, 5) is 0. The van der Waals surface area contributed by atoms with Crippen LogP contribution in [0.25, 0.3) is 0 Å².